The lowest BCUT2D eigenvalue weighted by molar-refractivity contribution is -0.394. The number of nitrogens with one attached hydrogen (secondary N) is 1. The second-order valence-corrected chi connectivity index (χ2v) is 9.72. The molecule has 0 spiro atoms. The third kappa shape index (κ3) is 6.17. The molecular formula is C27H22N4O9S. The maximum absolute atomic E-state index is 13.1. The number of nitro groups is 2. The Morgan fingerprint density at radius 3 is 2.32 bits per heavy atom. The molecule has 0 saturated carbocycles. The van der Waals surface area contributed by atoms with Crippen LogP contribution in [0.3, 0.4) is 0 Å². The first-order valence-electron chi connectivity index (χ1n) is 11.9. The van der Waals surface area contributed by atoms with Gasteiger partial charge in [0.25, 0.3) is 16.8 Å². The van der Waals surface area contributed by atoms with E-state index < -0.39 is 44.8 Å². The summed E-state index contributed by atoms with van der Waals surface area (Å²) in [6, 6.07) is 13.0. The molecule has 1 aliphatic heterocycles. The molecular weight excluding hydrogens is 556 g/mol. The van der Waals surface area contributed by atoms with Crippen molar-refractivity contribution in [3.8, 4) is 17.2 Å². The monoisotopic (exact) mass is 578 g/mol. The molecule has 0 aliphatic carbocycles. The number of nitro benzene ring substituents is 2. The molecule has 3 amide bonds. The normalized spacial score (nSPS) is 13.8. The number of nitrogens with zero attached hydrogens (tertiary/aromatic N) is 3. The molecule has 3 aromatic rings. The van der Waals surface area contributed by atoms with Crippen molar-refractivity contribution in [2.24, 2.45) is 0 Å². The second kappa shape index (κ2) is 11.9. The summed E-state index contributed by atoms with van der Waals surface area (Å²) in [5, 5.41) is 24.8. The summed E-state index contributed by atoms with van der Waals surface area (Å²) < 4.78 is 11.1. The van der Waals surface area contributed by atoms with Crippen LogP contribution in [0.15, 0.2) is 59.5 Å². The van der Waals surface area contributed by atoms with Gasteiger partial charge in [-0.1, -0.05) is 30.3 Å². The fraction of sp³-hybridized carbons (Fsp3) is 0.148. The van der Waals surface area contributed by atoms with Gasteiger partial charge in [0.1, 0.15) is 6.54 Å². The van der Waals surface area contributed by atoms with Gasteiger partial charge in [-0.2, -0.15) is 0 Å². The van der Waals surface area contributed by atoms with Crippen LogP contribution >= 0.6 is 11.8 Å². The van der Waals surface area contributed by atoms with Crippen molar-refractivity contribution in [1.29, 1.82) is 0 Å². The smallest absolute Gasteiger partial charge is 0.318 e. The summed E-state index contributed by atoms with van der Waals surface area (Å²) in [6.45, 7) is 3.14. The number of hydrogen-bond acceptors (Lipinski definition) is 10. The van der Waals surface area contributed by atoms with Gasteiger partial charge in [-0.05, 0) is 54.9 Å². The molecule has 0 bridgehead atoms. The molecule has 0 unspecified atom stereocenters. The Balaban J connectivity index is 1.62. The zero-order chi connectivity index (χ0) is 29.8. The molecule has 210 valence electrons. The van der Waals surface area contributed by atoms with Crippen molar-refractivity contribution < 1.29 is 33.7 Å². The number of imide groups is 1. The molecule has 14 heteroatoms. The number of rotatable bonds is 9. The number of anilines is 1. The highest BCUT2D eigenvalue weighted by molar-refractivity contribution is 8.18. The lowest BCUT2D eigenvalue weighted by atomic mass is 10.1. The molecule has 0 radical (unpaired) electrons. The Kier molecular flexibility index (Phi) is 8.33. The molecule has 1 fully saturated rings. The summed E-state index contributed by atoms with van der Waals surface area (Å²) in [4.78, 5) is 60.4. The fourth-order valence-corrected chi connectivity index (χ4v) is 4.82. The molecule has 3 aromatic carbocycles. The van der Waals surface area contributed by atoms with E-state index >= 15 is 0 Å². The van der Waals surface area contributed by atoms with Crippen molar-refractivity contribution in [3.63, 3.8) is 0 Å². The van der Waals surface area contributed by atoms with Crippen LogP contribution in [-0.2, 0) is 9.59 Å². The summed E-state index contributed by atoms with van der Waals surface area (Å²) in [6.07, 6.45) is 1.34. The Labute approximate surface area is 237 Å². The van der Waals surface area contributed by atoms with Gasteiger partial charge in [0.2, 0.25) is 11.7 Å². The van der Waals surface area contributed by atoms with E-state index in [4.69, 9.17) is 9.47 Å². The van der Waals surface area contributed by atoms with E-state index in [2.05, 4.69) is 5.32 Å². The van der Waals surface area contributed by atoms with Crippen LogP contribution in [-0.4, -0.2) is 45.5 Å². The molecule has 1 aliphatic rings. The predicted molar refractivity (Wildman–Crippen MR) is 150 cm³/mol. The van der Waals surface area contributed by atoms with E-state index in [-0.39, 0.29) is 27.7 Å². The van der Waals surface area contributed by atoms with Crippen LogP contribution in [0.25, 0.3) is 6.08 Å². The van der Waals surface area contributed by atoms with Crippen molar-refractivity contribution >= 4 is 52.0 Å². The first-order chi connectivity index (χ1) is 19.5. The Morgan fingerprint density at radius 1 is 1.00 bits per heavy atom. The van der Waals surface area contributed by atoms with Gasteiger partial charge < -0.3 is 14.8 Å². The van der Waals surface area contributed by atoms with Crippen LogP contribution in [0.1, 0.15) is 16.7 Å². The minimum absolute atomic E-state index is 0.0221. The van der Waals surface area contributed by atoms with Crippen LogP contribution in [0, 0.1) is 34.1 Å². The topological polar surface area (TPSA) is 171 Å². The van der Waals surface area contributed by atoms with Gasteiger partial charge in [-0.3, -0.25) is 39.5 Å². The predicted octanol–water partition coefficient (Wildman–Crippen LogP) is 5.60. The minimum Gasteiger partial charge on any atom is -0.493 e. The summed E-state index contributed by atoms with van der Waals surface area (Å²) in [5.41, 5.74) is 1.31. The van der Waals surface area contributed by atoms with Crippen molar-refractivity contribution in [2.75, 3.05) is 19.0 Å². The van der Waals surface area contributed by atoms with Crippen LogP contribution in [0.5, 0.6) is 17.2 Å². The molecule has 1 N–H and O–H groups in total. The number of thioether (sulfide) groups is 1. The largest absolute Gasteiger partial charge is 0.493 e. The van der Waals surface area contributed by atoms with E-state index in [0.29, 0.717) is 17.4 Å². The highest BCUT2D eigenvalue weighted by Gasteiger charge is 2.37. The maximum Gasteiger partial charge on any atom is 0.318 e. The van der Waals surface area contributed by atoms with Gasteiger partial charge in [0, 0.05) is 17.3 Å². The molecule has 4 rings (SSSR count). The lowest BCUT2D eigenvalue weighted by Gasteiger charge is -2.15. The van der Waals surface area contributed by atoms with Gasteiger partial charge >= 0.3 is 5.69 Å². The average molecular weight is 579 g/mol. The van der Waals surface area contributed by atoms with Gasteiger partial charge in [-0.25, -0.2) is 0 Å². The van der Waals surface area contributed by atoms with Crippen molar-refractivity contribution in [1.82, 2.24) is 4.90 Å². The quantitative estimate of drug-likeness (QED) is 0.191. The number of para-hydroxylation sites is 2. The first-order valence-corrected chi connectivity index (χ1v) is 12.7. The summed E-state index contributed by atoms with van der Waals surface area (Å²) >= 11 is 0.612. The number of amides is 3. The van der Waals surface area contributed by atoms with E-state index in [9.17, 15) is 34.6 Å². The fourth-order valence-electron chi connectivity index (χ4n) is 3.99. The van der Waals surface area contributed by atoms with E-state index in [1.165, 1.54) is 25.3 Å². The number of non-ortho nitro benzene ring substituents is 1. The number of carbonyl (C=O) groups excluding carboxylic acids is 3. The third-order valence-electron chi connectivity index (χ3n) is 6.00. The van der Waals surface area contributed by atoms with Crippen LogP contribution in [0.4, 0.5) is 21.9 Å². The van der Waals surface area contributed by atoms with Crippen molar-refractivity contribution in [3.05, 3.63) is 96.4 Å². The maximum atomic E-state index is 13.1. The average Bonchev–Trinajstić information content (AvgIpc) is 3.18. The van der Waals surface area contributed by atoms with Gasteiger partial charge in [-0.15, -0.1) is 0 Å². The third-order valence-corrected chi connectivity index (χ3v) is 6.91. The molecule has 13 nitrogen and oxygen atoms in total. The number of methoxy groups -OCH3 is 1. The van der Waals surface area contributed by atoms with Crippen molar-refractivity contribution in [2.45, 2.75) is 13.8 Å². The molecule has 0 aromatic heterocycles. The van der Waals surface area contributed by atoms with Gasteiger partial charge in [0.05, 0.1) is 27.9 Å². The molecule has 41 heavy (non-hydrogen) atoms. The van der Waals surface area contributed by atoms with Crippen LogP contribution in [0.2, 0.25) is 0 Å². The Bertz CT molecular complexity index is 1620. The van der Waals surface area contributed by atoms with E-state index in [0.717, 1.165) is 34.2 Å². The summed E-state index contributed by atoms with van der Waals surface area (Å²) in [5.74, 6) is -1.48. The number of aryl methyl sites for hydroxylation is 2. The second-order valence-electron chi connectivity index (χ2n) is 8.73. The standard InChI is InChI=1S/C27H22N4O9S/c1-15-6-4-7-16(2)24(15)28-23(32)14-29-26(33)22(41-27(29)34)12-17-8-5-9-21(39-3)25(17)40-20-11-10-18(30(35)36)13-19(20)31(37)38/h4-13H,14H2,1-3H3,(H,28,32)/b22-12+. The highest BCUT2D eigenvalue weighted by Crippen LogP contribution is 2.42. The molecule has 1 saturated heterocycles. The number of carbonyl (C=O) groups is 3. The first kappa shape index (κ1) is 28.8. The molecule has 1 heterocycles. The zero-order valence-electron chi connectivity index (χ0n) is 21.9. The minimum atomic E-state index is -0.827. The van der Waals surface area contributed by atoms with Gasteiger partial charge in [0.15, 0.2) is 11.5 Å². The highest BCUT2D eigenvalue weighted by atomic mass is 32.2. The SMILES string of the molecule is COc1cccc(/C=C2/SC(=O)N(CC(=O)Nc3c(C)cccc3C)C2=O)c1Oc1ccc([N+](=O)[O-])cc1[N+](=O)[O-]. The van der Waals surface area contributed by atoms with Crippen LogP contribution < -0.4 is 14.8 Å². The zero-order valence-corrected chi connectivity index (χ0v) is 22.7. The number of benzene rings is 3. The number of ether oxygens (including phenoxy) is 2. The van der Waals surface area contributed by atoms with E-state index in [1.54, 1.807) is 6.07 Å². The summed E-state index contributed by atoms with van der Waals surface area (Å²) in [7, 11) is 1.33. The Morgan fingerprint density at radius 2 is 1.68 bits per heavy atom. The van der Waals surface area contributed by atoms with E-state index in [1.807, 2.05) is 32.0 Å². The number of hydrogen-bond donors (Lipinski definition) is 1. The lowest BCUT2D eigenvalue weighted by Crippen LogP contribution is -2.36. The Hall–Kier alpha value is -5.24. The molecule has 0 atom stereocenters.